The molecule has 0 bridgehead atoms. The summed E-state index contributed by atoms with van der Waals surface area (Å²) in [7, 11) is -3.32. The third kappa shape index (κ3) is 3.99. The molecule has 0 unspecified atom stereocenters. The van der Waals surface area contributed by atoms with Gasteiger partial charge in [-0.25, -0.2) is 13.4 Å². The molecular weight excluding hydrogens is 422 g/mol. The fourth-order valence-corrected chi connectivity index (χ4v) is 5.09. The molecule has 2 heterocycles. The van der Waals surface area contributed by atoms with Crippen LogP contribution in [-0.2, 0) is 19.4 Å². The molecular formula is C21H19N3O4S2. The van der Waals surface area contributed by atoms with Gasteiger partial charge in [-0.3, -0.25) is 9.59 Å². The lowest BCUT2D eigenvalue weighted by Crippen LogP contribution is -2.33. The molecule has 3 aromatic rings. The minimum atomic E-state index is -3.32. The van der Waals surface area contributed by atoms with E-state index in [0.29, 0.717) is 15.3 Å². The predicted molar refractivity (Wildman–Crippen MR) is 117 cm³/mol. The maximum Gasteiger partial charge on any atom is 0.228 e. The van der Waals surface area contributed by atoms with Crippen molar-refractivity contribution in [2.24, 2.45) is 0 Å². The van der Waals surface area contributed by atoms with Crippen LogP contribution in [0.4, 0.5) is 5.13 Å². The van der Waals surface area contributed by atoms with Crippen molar-refractivity contribution in [3.8, 4) is 0 Å². The van der Waals surface area contributed by atoms with Crippen molar-refractivity contribution in [3.63, 3.8) is 0 Å². The summed E-state index contributed by atoms with van der Waals surface area (Å²) in [5.74, 6) is -0.425. The van der Waals surface area contributed by atoms with Crippen molar-refractivity contribution >= 4 is 54.4 Å². The number of hydrogen-bond acceptors (Lipinski definition) is 6. The van der Waals surface area contributed by atoms with Crippen LogP contribution in [0.1, 0.15) is 30.5 Å². The number of aromatic nitrogens is 1. The molecule has 0 spiro atoms. The van der Waals surface area contributed by atoms with Gasteiger partial charge in [-0.1, -0.05) is 35.6 Å². The average molecular weight is 442 g/mol. The first-order valence-corrected chi connectivity index (χ1v) is 11.9. The van der Waals surface area contributed by atoms with E-state index in [-0.39, 0.29) is 23.1 Å². The molecule has 1 aliphatic rings. The van der Waals surface area contributed by atoms with Gasteiger partial charge in [0, 0.05) is 19.4 Å². The number of fused-ring (bicyclic) bond motifs is 2. The summed E-state index contributed by atoms with van der Waals surface area (Å²) in [5.41, 5.74) is 2.49. The molecule has 0 radical (unpaired) electrons. The molecule has 7 nitrogen and oxygen atoms in total. The Morgan fingerprint density at radius 1 is 1.20 bits per heavy atom. The van der Waals surface area contributed by atoms with Crippen molar-refractivity contribution in [1.82, 2.24) is 9.88 Å². The normalized spacial score (nSPS) is 15.8. The van der Waals surface area contributed by atoms with E-state index in [4.69, 9.17) is 0 Å². The highest BCUT2D eigenvalue weighted by atomic mass is 32.2. The van der Waals surface area contributed by atoms with Crippen LogP contribution < -0.4 is 5.32 Å². The van der Waals surface area contributed by atoms with Crippen LogP contribution in [0.5, 0.6) is 0 Å². The summed E-state index contributed by atoms with van der Waals surface area (Å²) in [4.78, 5) is 31.0. The van der Waals surface area contributed by atoms with Crippen molar-refractivity contribution in [2.75, 3.05) is 11.6 Å². The SMILES string of the molecule is CC(=O)N1C=Cc2ccccc2[C@H]1CC(=O)Nc1nc2ccc(S(C)(=O)=O)cc2s1. The van der Waals surface area contributed by atoms with Gasteiger partial charge < -0.3 is 10.2 Å². The number of rotatable bonds is 4. The van der Waals surface area contributed by atoms with Gasteiger partial charge in [-0.15, -0.1) is 0 Å². The lowest BCUT2D eigenvalue weighted by molar-refractivity contribution is -0.129. The van der Waals surface area contributed by atoms with E-state index in [2.05, 4.69) is 10.3 Å². The van der Waals surface area contributed by atoms with E-state index in [1.165, 1.54) is 24.3 Å². The first-order chi connectivity index (χ1) is 14.2. The number of thiazole rings is 1. The molecule has 2 aromatic carbocycles. The third-order valence-electron chi connectivity index (χ3n) is 4.88. The monoisotopic (exact) mass is 441 g/mol. The lowest BCUT2D eigenvalue weighted by atomic mass is 9.93. The second-order valence-electron chi connectivity index (χ2n) is 7.06. The Morgan fingerprint density at radius 2 is 1.97 bits per heavy atom. The van der Waals surface area contributed by atoms with Crippen LogP contribution >= 0.6 is 11.3 Å². The minimum Gasteiger partial charge on any atom is -0.311 e. The molecule has 0 fully saturated rings. The number of amides is 2. The Morgan fingerprint density at radius 3 is 2.70 bits per heavy atom. The Bertz CT molecular complexity index is 1290. The summed E-state index contributed by atoms with van der Waals surface area (Å²) in [5, 5.41) is 3.17. The molecule has 2 amide bonds. The van der Waals surface area contributed by atoms with Gasteiger partial charge in [0.05, 0.1) is 27.6 Å². The second kappa shape index (κ2) is 7.66. The number of benzene rings is 2. The number of nitrogens with one attached hydrogen (secondary N) is 1. The first-order valence-electron chi connectivity index (χ1n) is 9.19. The van der Waals surface area contributed by atoms with Gasteiger partial charge in [0.1, 0.15) is 0 Å². The Labute approximate surface area is 178 Å². The molecule has 9 heteroatoms. The van der Waals surface area contributed by atoms with Crippen LogP contribution in [0.3, 0.4) is 0 Å². The van der Waals surface area contributed by atoms with E-state index in [0.717, 1.165) is 17.4 Å². The largest absolute Gasteiger partial charge is 0.311 e. The summed E-state index contributed by atoms with van der Waals surface area (Å²) in [6.45, 7) is 1.47. The van der Waals surface area contributed by atoms with Crippen LogP contribution in [0.2, 0.25) is 0 Å². The topological polar surface area (TPSA) is 96.4 Å². The number of hydrogen-bond donors (Lipinski definition) is 1. The van der Waals surface area contributed by atoms with Crippen LogP contribution in [0, 0.1) is 0 Å². The number of anilines is 1. The van der Waals surface area contributed by atoms with E-state index in [1.54, 1.807) is 23.2 Å². The molecule has 0 saturated carbocycles. The molecule has 4 rings (SSSR count). The van der Waals surface area contributed by atoms with Crippen molar-refractivity contribution < 1.29 is 18.0 Å². The average Bonchev–Trinajstić information content (AvgIpc) is 3.08. The fraction of sp³-hybridized carbons (Fsp3) is 0.190. The standard InChI is InChI=1S/C21H19N3O4S2/c1-13(25)24-10-9-14-5-3-4-6-16(14)18(24)12-20(26)23-21-22-17-8-7-15(30(2,27)28)11-19(17)29-21/h3-11,18H,12H2,1-2H3,(H,22,23,26)/t18-/m1/s1. The maximum absolute atomic E-state index is 12.8. The summed E-state index contributed by atoms with van der Waals surface area (Å²) >= 11 is 1.21. The molecule has 1 N–H and O–H groups in total. The number of carbonyl (C=O) groups is 2. The van der Waals surface area contributed by atoms with Crippen LogP contribution in [0.15, 0.2) is 53.6 Å². The van der Waals surface area contributed by atoms with E-state index in [1.807, 2.05) is 30.3 Å². The van der Waals surface area contributed by atoms with Gasteiger partial charge in [-0.05, 0) is 35.4 Å². The summed E-state index contributed by atoms with van der Waals surface area (Å²) in [6.07, 6.45) is 4.78. The molecule has 1 aromatic heterocycles. The van der Waals surface area contributed by atoms with Crippen molar-refractivity contribution in [1.29, 1.82) is 0 Å². The van der Waals surface area contributed by atoms with E-state index >= 15 is 0 Å². The van der Waals surface area contributed by atoms with Crippen LogP contribution in [-0.4, -0.2) is 36.4 Å². The van der Waals surface area contributed by atoms with Crippen LogP contribution in [0.25, 0.3) is 16.3 Å². The van der Waals surface area contributed by atoms with Gasteiger partial charge in [0.2, 0.25) is 11.8 Å². The summed E-state index contributed by atoms with van der Waals surface area (Å²) in [6, 6.07) is 11.9. The number of carbonyl (C=O) groups excluding carboxylic acids is 2. The Hall–Kier alpha value is -3.04. The maximum atomic E-state index is 12.8. The zero-order chi connectivity index (χ0) is 21.5. The third-order valence-corrected chi connectivity index (χ3v) is 6.93. The molecule has 154 valence electrons. The van der Waals surface area contributed by atoms with E-state index < -0.39 is 15.9 Å². The molecule has 0 aliphatic carbocycles. The fourth-order valence-electron chi connectivity index (χ4n) is 3.45. The minimum absolute atomic E-state index is 0.0748. The predicted octanol–water partition coefficient (Wildman–Crippen LogP) is 3.60. The second-order valence-corrected chi connectivity index (χ2v) is 10.1. The lowest BCUT2D eigenvalue weighted by Gasteiger charge is -2.32. The number of sulfone groups is 1. The number of nitrogens with zero attached hydrogens (tertiary/aromatic N) is 2. The highest BCUT2D eigenvalue weighted by Gasteiger charge is 2.28. The Balaban J connectivity index is 1.56. The van der Waals surface area contributed by atoms with Crippen molar-refractivity contribution in [2.45, 2.75) is 24.3 Å². The summed E-state index contributed by atoms with van der Waals surface area (Å²) < 4.78 is 24.2. The molecule has 30 heavy (non-hydrogen) atoms. The van der Waals surface area contributed by atoms with Gasteiger partial charge in [0.25, 0.3) is 0 Å². The van der Waals surface area contributed by atoms with Gasteiger partial charge in [0.15, 0.2) is 15.0 Å². The zero-order valence-electron chi connectivity index (χ0n) is 16.3. The Kier molecular flexibility index (Phi) is 5.17. The van der Waals surface area contributed by atoms with Crippen molar-refractivity contribution in [3.05, 3.63) is 59.8 Å². The van der Waals surface area contributed by atoms with Gasteiger partial charge in [-0.2, -0.15) is 0 Å². The smallest absolute Gasteiger partial charge is 0.228 e. The zero-order valence-corrected chi connectivity index (χ0v) is 18.0. The quantitative estimate of drug-likeness (QED) is 0.667. The molecule has 1 aliphatic heterocycles. The molecule has 0 saturated heterocycles. The first kappa shape index (κ1) is 20.2. The highest BCUT2D eigenvalue weighted by Crippen LogP contribution is 2.34. The molecule has 1 atom stereocenters. The van der Waals surface area contributed by atoms with Gasteiger partial charge >= 0.3 is 0 Å². The van der Waals surface area contributed by atoms with E-state index in [9.17, 15) is 18.0 Å². The highest BCUT2D eigenvalue weighted by molar-refractivity contribution is 7.90.